The number of nitrogens with zero attached hydrogens (tertiary/aromatic N) is 1. The summed E-state index contributed by atoms with van der Waals surface area (Å²) in [7, 11) is 0. The Labute approximate surface area is 99.9 Å². The Bertz CT molecular complexity index is 385. The van der Waals surface area contributed by atoms with E-state index in [0.29, 0.717) is 18.2 Å². The largest absolute Gasteiger partial charge is 0.503 e. The number of phenols is 1. The molecule has 1 unspecified atom stereocenters. The normalized spacial score (nSPS) is 21.0. The van der Waals surface area contributed by atoms with E-state index in [1.54, 1.807) is 0 Å². The summed E-state index contributed by atoms with van der Waals surface area (Å²) < 4.78 is 26.4. The van der Waals surface area contributed by atoms with Crippen LogP contribution >= 0.6 is 0 Å². The summed E-state index contributed by atoms with van der Waals surface area (Å²) in [6.07, 6.45) is 3.35. The van der Waals surface area contributed by atoms with Crippen molar-refractivity contribution in [3.05, 3.63) is 29.3 Å². The summed E-state index contributed by atoms with van der Waals surface area (Å²) in [6, 6.07) is 2.93. The molecule has 0 bridgehead atoms. The highest BCUT2D eigenvalue weighted by molar-refractivity contribution is 5.30. The molecule has 0 aliphatic carbocycles. The maximum absolute atomic E-state index is 13.2. The van der Waals surface area contributed by atoms with Crippen LogP contribution in [0, 0.1) is 11.6 Å². The molecular formula is C13H17F2NO. The smallest absolute Gasteiger partial charge is 0.187 e. The van der Waals surface area contributed by atoms with Gasteiger partial charge in [-0.05, 0) is 43.5 Å². The number of aromatic hydroxyl groups is 1. The molecule has 1 N–H and O–H groups in total. The van der Waals surface area contributed by atoms with Crippen molar-refractivity contribution < 1.29 is 13.9 Å². The van der Waals surface area contributed by atoms with Crippen LogP contribution in [0.5, 0.6) is 5.75 Å². The number of likely N-dealkylation sites (tertiary alicyclic amines) is 1. The molecule has 94 valence electrons. The molecule has 1 aliphatic rings. The highest BCUT2D eigenvalue weighted by Crippen LogP contribution is 2.25. The number of phenolic OH excluding ortho intramolecular Hbond substituents is 1. The van der Waals surface area contributed by atoms with Crippen molar-refractivity contribution in [1.82, 2.24) is 4.90 Å². The third-order valence-corrected chi connectivity index (χ3v) is 3.43. The summed E-state index contributed by atoms with van der Waals surface area (Å²) >= 11 is 0. The van der Waals surface area contributed by atoms with Crippen LogP contribution < -0.4 is 0 Å². The van der Waals surface area contributed by atoms with E-state index in [0.717, 1.165) is 25.8 Å². The second kappa shape index (κ2) is 5.00. The highest BCUT2D eigenvalue weighted by atomic mass is 19.1. The molecule has 17 heavy (non-hydrogen) atoms. The van der Waals surface area contributed by atoms with E-state index in [2.05, 4.69) is 11.8 Å². The van der Waals surface area contributed by atoms with Crippen LogP contribution in [-0.2, 0) is 6.54 Å². The van der Waals surface area contributed by atoms with Crippen LogP contribution in [0.2, 0.25) is 0 Å². The average molecular weight is 241 g/mol. The summed E-state index contributed by atoms with van der Waals surface area (Å²) in [6.45, 7) is 3.65. The van der Waals surface area contributed by atoms with E-state index in [9.17, 15) is 8.78 Å². The fourth-order valence-corrected chi connectivity index (χ4v) is 2.51. The SMILES string of the molecule is CCC1CCCN1Cc1cc(F)c(O)c(F)c1. The first-order valence-corrected chi connectivity index (χ1v) is 6.02. The lowest BCUT2D eigenvalue weighted by Crippen LogP contribution is -2.28. The van der Waals surface area contributed by atoms with Crippen LogP contribution in [0.25, 0.3) is 0 Å². The Morgan fingerprint density at radius 3 is 2.59 bits per heavy atom. The highest BCUT2D eigenvalue weighted by Gasteiger charge is 2.23. The van der Waals surface area contributed by atoms with Crippen LogP contribution in [0.1, 0.15) is 31.7 Å². The number of halogens is 2. The van der Waals surface area contributed by atoms with E-state index in [-0.39, 0.29) is 0 Å². The Morgan fingerprint density at radius 2 is 2.00 bits per heavy atom. The van der Waals surface area contributed by atoms with E-state index < -0.39 is 17.4 Å². The summed E-state index contributed by atoms with van der Waals surface area (Å²) in [5, 5.41) is 9.03. The quantitative estimate of drug-likeness (QED) is 0.879. The van der Waals surface area contributed by atoms with Gasteiger partial charge in [-0.15, -0.1) is 0 Å². The van der Waals surface area contributed by atoms with Crippen LogP contribution in [0.4, 0.5) is 8.78 Å². The second-order valence-corrected chi connectivity index (χ2v) is 4.58. The standard InChI is InChI=1S/C13H17F2NO/c1-2-10-4-3-5-16(10)8-9-6-11(14)13(17)12(15)7-9/h6-7,10,17H,2-5,8H2,1H3. The van der Waals surface area contributed by atoms with Gasteiger partial charge < -0.3 is 5.11 Å². The van der Waals surface area contributed by atoms with Gasteiger partial charge in [0.25, 0.3) is 0 Å². The van der Waals surface area contributed by atoms with Crippen molar-refractivity contribution >= 4 is 0 Å². The predicted molar refractivity (Wildman–Crippen MR) is 61.7 cm³/mol. The number of hydrogen-bond donors (Lipinski definition) is 1. The minimum Gasteiger partial charge on any atom is -0.503 e. The van der Waals surface area contributed by atoms with Gasteiger partial charge in [0.05, 0.1) is 0 Å². The minimum atomic E-state index is -0.887. The Morgan fingerprint density at radius 1 is 1.35 bits per heavy atom. The van der Waals surface area contributed by atoms with Gasteiger partial charge in [-0.3, -0.25) is 4.90 Å². The first-order chi connectivity index (χ1) is 8.11. The van der Waals surface area contributed by atoms with Crippen LogP contribution in [0.3, 0.4) is 0 Å². The fourth-order valence-electron chi connectivity index (χ4n) is 2.51. The maximum Gasteiger partial charge on any atom is 0.187 e. The van der Waals surface area contributed by atoms with Gasteiger partial charge >= 0.3 is 0 Å². The van der Waals surface area contributed by atoms with Gasteiger partial charge in [-0.2, -0.15) is 0 Å². The van der Waals surface area contributed by atoms with Gasteiger partial charge in [0, 0.05) is 12.6 Å². The topological polar surface area (TPSA) is 23.5 Å². The lowest BCUT2D eigenvalue weighted by Gasteiger charge is -2.23. The first kappa shape index (κ1) is 12.3. The summed E-state index contributed by atoms with van der Waals surface area (Å²) in [4.78, 5) is 2.24. The van der Waals surface area contributed by atoms with Crippen molar-refractivity contribution in [1.29, 1.82) is 0 Å². The van der Waals surface area contributed by atoms with E-state index in [4.69, 9.17) is 5.11 Å². The molecule has 1 aliphatic heterocycles. The monoisotopic (exact) mass is 241 g/mol. The molecule has 1 heterocycles. The molecule has 1 atom stereocenters. The molecule has 0 radical (unpaired) electrons. The molecule has 2 nitrogen and oxygen atoms in total. The maximum atomic E-state index is 13.2. The van der Waals surface area contributed by atoms with Crippen molar-refractivity contribution in [2.45, 2.75) is 38.8 Å². The third kappa shape index (κ3) is 2.57. The molecule has 2 rings (SSSR count). The molecular weight excluding hydrogens is 224 g/mol. The van der Waals surface area contributed by atoms with Crippen molar-refractivity contribution in [2.75, 3.05) is 6.54 Å². The van der Waals surface area contributed by atoms with E-state index in [1.807, 2.05) is 0 Å². The zero-order chi connectivity index (χ0) is 12.4. The molecule has 1 aromatic carbocycles. The molecule has 0 spiro atoms. The molecule has 1 aromatic rings. The lowest BCUT2D eigenvalue weighted by molar-refractivity contribution is 0.239. The van der Waals surface area contributed by atoms with Crippen LogP contribution in [-0.4, -0.2) is 22.6 Å². The molecule has 4 heteroatoms. The molecule has 1 fully saturated rings. The Kier molecular flexibility index (Phi) is 3.62. The van der Waals surface area contributed by atoms with Gasteiger partial charge in [0.2, 0.25) is 0 Å². The summed E-state index contributed by atoms with van der Waals surface area (Å²) in [5.74, 6) is -2.65. The van der Waals surface area contributed by atoms with Gasteiger partial charge in [0.15, 0.2) is 17.4 Å². The lowest BCUT2D eigenvalue weighted by atomic mass is 10.1. The molecule has 0 amide bonds. The average Bonchev–Trinajstić information content (AvgIpc) is 2.73. The van der Waals surface area contributed by atoms with Gasteiger partial charge in [-0.1, -0.05) is 6.92 Å². The number of hydrogen-bond acceptors (Lipinski definition) is 2. The van der Waals surface area contributed by atoms with Crippen molar-refractivity contribution in [3.63, 3.8) is 0 Å². The molecule has 1 saturated heterocycles. The minimum absolute atomic E-state index is 0.509. The molecule has 0 aromatic heterocycles. The zero-order valence-corrected chi connectivity index (χ0v) is 9.92. The number of rotatable bonds is 3. The third-order valence-electron chi connectivity index (χ3n) is 3.43. The van der Waals surface area contributed by atoms with Crippen LogP contribution in [0.15, 0.2) is 12.1 Å². The number of benzene rings is 1. The summed E-state index contributed by atoms with van der Waals surface area (Å²) in [5.41, 5.74) is 0.582. The van der Waals surface area contributed by atoms with Crippen molar-refractivity contribution in [2.24, 2.45) is 0 Å². The Balaban J connectivity index is 2.13. The first-order valence-electron chi connectivity index (χ1n) is 6.02. The molecule has 0 saturated carbocycles. The predicted octanol–water partition coefficient (Wildman–Crippen LogP) is 3.04. The Hall–Kier alpha value is -1.16. The van der Waals surface area contributed by atoms with Gasteiger partial charge in [-0.25, -0.2) is 8.78 Å². The van der Waals surface area contributed by atoms with Gasteiger partial charge in [0.1, 0.15) is 0 Å². The van der Waals surface area contributed by atoms with E-state index in [1.165, 1.54) is 12.1 Å². The zero-order valence-electron chi connectivity index (χ0n) is 9.92. The fraction of sp³-hybridized carbons (Fsp3) is 0.538. The van der Waals surface area contributed by atoms with E-state index >= 15 is 0 Å². The second-order valence-electron chi connectivity index (χ2n) is 4.58. The van der Waals surface area contributed by atoms with Crippen molar-refractivity contribution in [3.8, 4) is 5.75 Å².